The zero-order valence-corrected chi connectivity index (χ0v) is 30.1. The van der Waals surface area contributed by atoms with Crippen molar-refractivity contribution in [3.63, 3.8) is 0 Å². The van der Waals surface area contributed by atoms with Gasteiger partial charge in [0.1, 0.15) is 5.88 Å². The maximum Gasteiger partial charge on any atom is 0.318 e. The summed E-state index contributed by atoms with van der Waals surface area (Å²) >= 11 is 4.74. The Labute approximate surface area is 282 Å². The molecule has 9 heteroatoms. The number of nitrogens with zero attached hydrogens (tertiary/aromatic N) is 4. The normalized spacial score (nSPS) is 14.1. The van der Waals surface area contributed by atoms with E-state index in [2.05, 4.69) is 33.6 Å². The van der Waals surface area contributed by atoms with E-state index in [4.69, 9.17) is 26.9 Å². The SMILES string of the molecule is CCCCCCCCCCCCC1=NCCN1CCO.CCCCCCCCCCCCC1=NCCN1CCO.O=C(O)CCl. The van der Waals surface area contributed by atoms with E-state index in [1.54, 1.807) is 0 Å². The number of carboxylic acid groups (broad SMARTS) is 1. The van der Waals surface area contributed by atoms with Crippen molar-refractivity contribution in [1.82, 2.24) is 9.80 Å². The van der Waals surface area contributed by atoms with Gasteiger partial charge in [-0.25, -0.2) is 0 Å². The number of alkyl halides is 1. The van der Waals surface area contributed by atoms with Crippen LogP contribution in [0.5, 0.6) is 0 Å². The maximum atomic E-state index is 9.24. The average molecular weight is 659 g/mol. The Balaban J connectivity index is 0.000000748. The Hall–Kier alpha value is -1.38. The predicted molar refractivity (Wildman–Crippen MR) is 193 cm³/mol. The molecular formula is C36H71ClN4O4. The third-order valence-electron chi connectivity index (χ3n) is 8.42. The van der Waals surface area contributed by atoms with Crippen molar-refractivity contribution in [2.24, 2.45) is 9.98 Å². The number of aliphatic hydroxyl groups is 2. The first-order chi connectivity index (χ1) is 22.0. The molecule has 0 fully saturated rings. The van der Waals surface area contributed by atoms with Gasteiger partial charge in [-0.2, -0.15) is 0 Å². The van der Waals surface area contributed by atoms with Crippen LogP contribution in [0.15, 0.2) is 9.98 Å². The van der Waals surface area contributed by atoms with Gasteiger partial charge in [0.2, 0.25) is 0 Å². The summed E-state index contributed by atoms with van der Waals surface area (Å²) in [5.74, 6) is 1.18. The molecule has 0 amide bonds. The lowest BCUT2D eigenvalue weighted by Crippen LogP contribution is -2.30. The van der Waals surface area contributed by atoms with Crippen LogP contribution in [-0.2, 0) is 4.79 Å². The van der Waals surface area contributed by atoms with Crippen molar-refractivity contribution >= 4 is 29.2 Å². The van der Waals surface area contributed by atoms with Crippen molar-refractivity contribution in [2.75, 3.05) is 58.4 Å². The predicted octanol–water partition coefficient (Wildman–Crippen LogP) is 8.32. The van der Waals surface area contributed by atoms with E-state index in [1.807, 2.05) is 0 Å². The molecule has 0 atom stereocenters. The number of β-amino-alcohol motifs (C(OH)–C–C–N with tert-alkyl or cyclic N) is 2. The van der Waals surface area contributed by atoms with Gasteiger partial charge in [0.15, 0.2) is 0 Å². The number of hydrogen-bond donors (Lipinski definition) is 3. The van der Waals surface area contributed by atoms with E-state index in [0.29, 0.717) is 0 Å². The number of hydrogen-bond acceptors (Lipinski definition) is 7. The van der Waals surface area contributed by atoms with Gasteiger partial charge in [0.05, 0.1) is 38.0 Å². The Morgan fingerprint density at radius 1 is 0.600 bits per heavy atom. The third kappa shape index (κ3) is 27.4. The zero-order valence-electron chi connectivity index (χ0n) is 29.3. The van der Waals surface area contributed by atoms with E-state index in [0.717, 1.165) is 52.1 Å². The van der Waals surface area contributed by atoms with Crippen molar-refractivity contribution in [1.29, 1.82) is 0 Å². The summed E-state index contributed by atoms with van der Waals surface area (Å²) in [7, 11) is 0. The van der Waals surface area contributed by atoms with Crippen LogP contribution in [0.3, 0.4) is 0 Å². The van der Waals surface area contributed by atoms with Gasteiger partial charge in [-0.05, 0) is 12.8 Å². The molecule has 266 valence electrons. The van der Waals surface area contributed by atoms with Gasteiger partial charge in [0.25, 0.3) is 0 Å². The van der Waals surface area contributed by atoms with Crippen LogP contribution in [0.4, 0.5) is 0 Å². The summed E-state index contributed by atoms with van der Waals surface area (Å²) < 4.78 is 0. The molecule has 2 rings (SSSR count). The fourth-order valence-electron chi connectivity index (χ4n) is 5.80. The summed E-state index contributed by atoms with van der Waals surface area (Å²) in [6, 6.07) is 0. The Bertz CT molecular complexity index is 671. The highest BCUT2D eigenvalue weighted by Crippen LogP contribution is 2.15. The standard InChI is InChI=1S/2C17H34N2O.C2H3ClO2/c2*1-2-3-4-5-6-7-8-9-10-11-12-17-18-13-14-19(17)15-16-20;3-1-2(4)5/h2*20H,2-16H2,1H3;1H2,(H,4,5). The lowest BCUT2D eigenvalue weighted by atomic mass is 10.1. The molecule has 0 saturated heterocycles. The number of carbonyl (C=O) groups is 1. The number of carboxylic acids is 1. The first-order valence-electron chi connectivity index (χ1n) is 18.6. The Morgan fingerprint density at radius 2 is 0.889 bits per heavy atom. The van der Waals surface area contributed by atoms with Crippen molar-refractivity contribution in [3.05, 3.63) is 0 Å². The molecule has 0 aromatic rings. The molecule has 2 heterocycles. The van der Waals surface area contributed by atoms with E-state index >= 15 is 0 Å². The molecule has 0 aliphatic carbocycles. The minimum atomic E-state index is -0.980. The summed E-state index contributed by atoms with van der Waals surface area (Å²) in [5, 5.41) is 25.6. The van der Waals surface area contributed by atoms with Gasteiger partial charge in [-0.15, -0.1) is 11.6 Å². The maximum absolute atomic E-state index is 9.24. The van der Waals surface area contributed by atoms with Crippen LogP contribution in [-0.4, -0.2) is 101 Å². The molecule has 45 heavy (non-hydrogen) atoms. The smallest absolute Gasteiger partial charge is 0.318 e. The first-order valence-corrected chi connectivity index (χ1v) is 19.1. The van der Waals surface area contributed by atoms with Crippen LogP contribution in [0.25, 0.3) is 0 Å². The first kappa shape index (κ1) is 43.6. The molecule has 2 aliphatic rings. The molecule has 0 bridgehead atoms. The van der Waals surface area contributed by atoms with Gasteiger partial charge in [-0.1, -0.05) is 129 Å². The molecule has 0 radical (unpaired) electrons. The van der Waals surface area contributed by atoms with Crippen LogP contribution in [0.2, 0.25) is 0 Å². The number of aliphatic hydroxyl groups excluding tert-OH is 2. The topological polar surface area (TPSA) is 109 Å². The molecule has 0 aromatic carbocycles. The van der Waals surface area contributed by atoms with Crippen LogP contribution in [0, 0.1) is 0 Å². The van der Waals surface area contributed by atoms with Gasteiger partial charge < -0.3 is 25.1 Å². The number of rotatable bonds is 27. The highest BCUT2D eigenvalue weighted by molar-refractivity contribution is 6.26. The molecule has 0 spiro atoms. The van der Waals surface area contributed by atoms with E-state index in [9.17, 15) is 4.79 Å². The average Bonchev–Trinajstić information content (AvgIpc) is 3.69. The quantitative estimate of drug-likeness (QED) is 0.0605. The third-order valence-corrected chi connectivity index (χ3v) is 8.65. The van der Waals surface area contributed by atoms with Crippen LogP contribution in [0.1, 0.15) is 155 Å². The lowest BCUT2D eigenvalue weighted by molar-refractivity contribution is -0.134. The molecule has 0 unspecified atom stereocenters. The molecule has 3 N–H and O–H groups in total. The number of amidine groups is 2. The highest BCUT2D eigenvalue weighted by Gasteiger charge is 2.16. The molecule has 0 saturated carbocycles. The van der Waals surface area contributed by atoms with Gasteiger partial charge in [0, 0.05) is 39.0 Å². The molecular weight excluding hydrogens is 588 g/mol. The van der Waals surface area contributed by atoms with E-state index < -0.39 is 5.97 Å². The lowest BCUT2D eigenvalue weighted by Gasteiger charge is -2.18. The number of halogens is 1. The highest BCUT2D eigenvalue weighted by atomic mass is 35.5. The summed E-state index contributed by atoms with van der Waals surface area (Å²) in [5.41, 5.74) is 0. The fraction of sp³-hybridized carbons (Fsp3) is 0.917. The van der Waals surface area contributed by atoms with E-state index in [-0.39, 0.29) is 19.1 Å². The molecule has 2 aliphatic heterocycles. The number of aliphatic carboxylic acids is 1. The van der Waals surface area contributed by atoms with Crippen molar-refractivity contribution < 1.29 is 20.1 Å². The number of aliphatic imine (C=N–C) groups is 2. The van der Waals surface area contributed by atoms with Gasteiger partial charge in [-0.3, -0.25) is 14.8 Å². The van der Waals surface area contributed by atoms with Crippen molar-refractivity contribution in [2.45, 2.75) is 155 Å². The summed E-state index contributed by atoms with van der Waals surface area (Å²) in [6.45, 7) is 10.4. The fourth-order valence-corrected chi connectivity index (χ4v) is 5.80. The molecule has 8 nitrogen and oxygen atoms in total. The van der Waals surface area contributed by atoms with Crippen LogP contribution >= 0.6 is 11.6 Å². The second-order valence-corrected chi connectivity index (χ2v) is 12.7. The summed E-state index contributed by atoms with van der Waals surface area (Å²) in [4.78, 5) is 22.8. The monoisotopic (exact) mass is 659 g/mol. The minimum absolute atomic E-state index is 0.247. The second kappa shape index (κ2) is 34.0. The Kier molecular flexibility index (Phi) is 32.9. The minimum Gasteiger partial charge on any atom is -0.480 e. The largest absolute Gasteiger partial charge is 0.480 e. The van der Waals surface area contributed by atoms with Gasteiger partial charge >= 0.3 is 5.97 Å². The second-order valence-electron chi connectivity index (χ2n) is 12.4. The zero-order chi connectivity index (χ0) is 33.2. The summed E-state index contributed by atoms with van der Waals surface area (Å²) in [6.07, 6.45) is 29.9. The van der Waals surface area contributed by atoms with Crippen molar-refractivity contribution in [3.8, 4) is 0 Å². The Morgan fingerprint density at radius 3 is 1.16 bits per heavy atom. The number of unbranched alkanes of at least 4 members (excludes halogenated alkanes) is 18. The van der Waals surface area contributed by atoms with Crippen LogP contribution < -0.4 is 0 Å². The molecule has 0 aromatic heterocycles. The van der Waals surface area contributed by atoms with E-state index in [1.165, 1.54) is 140 Å².